The Balaban J connectivity index is 1.44. The van der Waals surface area contributed by atoms with E-state index in [-0.39, 0.29) is 35.9 Å². The average molecular weight is 502 g/mol. The van der Waals surface area contributed by atoms with Crippen LogP contribution in [0.1, 0.15) is 65.8 Å². The number of carbonyl (C=O) groups excluding carboxylic acids is 2. The number of hydrogen-bond acceptors (Lipinski definition) is 7. The van der Waals surface area contributed by atoms with Crippen molar-refractivity contribution in [2.75, 3.05) is 19.0 Å². The predicted molar refractivity (Wildman–Crippen MR) is 138 cm³/mol. The lowest BCUT2D eigenvalue weighted by atomic mass is 9.95. The van der Waals surface area contributed by atoms with Crippen LogP contribution < -0.4 is 20.2 Å². The van der Waals surface area contributed by atoms with E-state index in [4.69, 9.17) is 14.5 Å². The minimum atomic E-state index is -0.468. The van der Waals surface area contributed by atoms with E-state index in [1.807, 2.05) is 42.5 Å². The van der Waals surface area contributed by atoms with Gasteiger partial charge >= 0.3 is 0 Å². The maximum absolute atomic E-state index is 13.3. The van der Waals surface area contributed by atoms with Gasteiger partial charge in [0, 0.05) is 30.9 Å². The number of methoxy groups -OCH3 is 1. The van der Waals surface area contributed by atoms with Crippen molar-refractivity contribution in [2.24, 2.45) is 0 Å². The summed E-state index contributed by atoms with van der Waals surface area (Å²) >= 11 is 0. The Kier molecular flexibility index (Phi) is 7.20. The van der Waals surface area contributed by atoms with Crippen molar-refractivity contribution in [3.63, 3.8) is 0 Å². The minimum Gasteiger partial charge on any atom is -0.497 e. The number of carbonyl (C=O) groups is 2. The van der Waals surface area contributed by atoms with Crippen molar-refractivity contribution >= 4 is 17.5 Å². The van der Waals surface area contributed by atoms with Crippen LogP contribution in [0.15, 0.2) is 54.7 Å². The first-order valence-electron chi connectivity index (χ1n) is 12.6. The summed E-state index contributed by atoms with van der Waals surface area (Å²) in [7, 11) is 1.62. The minimum absolute atomic E-state index is 0.0706. The summed E-state index contributed by atoms with van der Waals surface area (Å²) < 4.78 is 11.3. The molecule has 5 rings (SSSR count). The Morgan fingerprint density at radius 3 is 2.76 bits per heavy atom. The van der Waals surface area contributed by atoms with Gasteiger partial charge < -0.3 is 14.8 Å². The number of nitrogens with zero attached hydrogens (tertiary/aromatic N) is 3. The van der Waals surface area contributed by atoms with Crippen LogP contribution in [0.25, 0.3) is 0 Å². The van der Waals surface area contributed by atoms with E-state index in [9.17, 15) is 9.59 Å². The zero-order valence-corrected chi connectivity index (χ0v) is 21.1. The number of para-hydroxylation sites is 1. The van der Waals surface area contributed by atoms with Gasteiger partial charge in [-0.3, -0.25) is 20.0 Å². The molecule has 3 aromatic rings. The van der Waals surface area contributed by atoms with Crippen molar-refractivity contribution in [3.8, 4) is 11.6 Å². The van der Waals surface area contributed by atoms with Crippen LogP contribution in [0.5, 0.6) is 11.6 Å². The highest BCUT2D eigenvalue weighted by molar-refractivity contribution is 5.97. The van der Waals surface area contributed by atoms with Gasteiger partial charge in [-0.1, -0.05) is 36.8 Å². The number of hydrazine groups is 1. The van der Waals surface area contributed by atoms with Crippen LogP contribution >= 0.6 is 0 Å². The topological polar surface area (TPSA) is 106 Å². The smallest absolute Gasteiger partial charge is 0.276 e. The lowest BCUT2D eigenvalue weighted by molar-refractivity contribution is -0.133. The summed E-state index contributed by atoms with van der Waals surface area (Å²) in [6.45, 7) is 2.77. The molecule has 3 heterocycles. The number of anilines is 1. The normalized spacial score (nSPS) is 19.0. The summed E-state index contributed by atoms with van der Waals surface area (Å²) in [6.07, 6.45) is 4.54. The van der Waals surface area contributed by atoms with Crippen molar-refractivity contribution in [3.05, 3.63) is 77.2 Å². The Bertz CT molecular complexity index is 1280. The van der Waals surface area contributed by atoms with Gasteiger partial charge in [-0.25, -0.2) is 4.98 Å². The molecule has 0 aliphatic carbocycles. The summed E-state index contributed by atoms with van der Waals surface area (Å²) in [5, 5.41) is 4.88. The maximum Gasteiger partial charge on any atom is 0.276 e. The monoisotopic (exact) mass is 501 g/mol. The van der Waals surface area contributed by atoms with E-state index >= 15 is 0 Å². The third kappa shape index (κ3) is 5.35. The van der Waals surface area contributed by atoms with Crippen molar-refractivity contribution in [2.45, 2.75) is 51.2 Å². The summed E-state index contributed by atoms with van der Waals surface area (Å²) in [6, 6.07) is 15.6. The first-order valence-corrected chi connectivity index (χ1v) is 12.6. The van der Waals surface area contributed by atoms with E-state index in [0.29, 0.717) is 18.8 Å². The molecule has 2 aliphatic heterocycles. The van der Waals surface area contributed by atoms with Gasteiger partial charge in [-0.05, 0) is 49.1 Å². The third-order valence-electron chi connectivity index (χ3n) is 6.82. The molecule has 2 atom stereocenters. The van der Waals surface area contributed by atoms with Gasteiger partial charge in [-0.15, -0.1) is 0 Å². The van der Waals surface area contributed by atoms with Crippen LogP contribution in [0.2, 0.25) is 0 Å². The molecule has 1 aromatic heterocycles. The van der Waals surface area contributed by atoms with Crippen LogP contribution in [0.3, 0.4) is 0 Å². The second-order valence-corrected chi connectivity index (χ2v) is 9.38. The molecular weight excluding hydrogens is 470 g/mol. The molecule has 0 spiro atoms. The fourth-order valence-corrected chi connectivity index (χ4v) is 4.81. The van der Waals surface area contributed by atoms with Gasteiger partial charge in [0.15, 0.2) is 0 Å². The molecule has 0 saturated carbocycles. The summed E-state index contributed by atoms with van der Waals surface area (Å²) in [5.74, 6) is 0.839. The molecule has 9 nitrogen and oxygen atoms in total. The van der Waals surface area contributed by atoms with E-state index < -0.39 is 5.91 Å². The van der Waals surface area contributed by atoms with Crippen molar-refractivity contribution in [1.29, 1.82) is 0 Å². The third-order valence-corrected chi connectivity index (χ3v) is 6.82. The average Bonchev–Trinajstić information content (AvgIpc) is 3.13. The highest BCUT2D eigenvalue weighted by Crippen LogP contribution is 2.39. The van der Waals surface area contributed by atoms with Gasteiger partial charge in [-0.2, -0.15) is 4.98 Å². The number of aromatic nitrogens is 2. The van der Waals surface area contributed by atoms with E-state index in [2.05, 4.69) is 28.7 Å². The molecule has 192 valence electrons. The highest BCUT2D eigenvalue weighted by atomic mass is 16.5. The van der Waals surface area contributed by atoms with Crippen molar-refractivity contribution < 1.29 is 19.1 Å². The van der Waals surface area contributed by atoms with Crippen molar-refractivity contribution in [1.82, 2.24) is 20.4 Å². The number of hydrogen-bond donors (Lipinski definition) is 2. The van der Waals surface area contributed by atoms with E-state index in [0.717, 1.165) is 41.8 Å². The summed E-state index contributed by atoms with van der Waals surface area (Å²) in [4.78, 5) is 35.1. The van der Waals surface area contributed by atoms with Crippen LogP contribution in [0.4, 0.5) is 5.69 Å². The number of benzene rings is 2. The largest absolute Gasteiger partial charge is 0.497 e. The van der Waals surface area contributed by atoms with Gasteiger partial charge in [0.2, 0.25) is 11.8 Å². The number of rotatable bonds is 7. The zero-order valence-electron chi connectivity index (χ0n) is 21.1. The lowest BCUT2D eigenvalue weighted by Gasteiger charge is -2.22. The van der Waals surface area contributed by atoms with Gasteiger partial charge in [0.25, 0.3) is 5.91 Å². The number of fused-ring (bicyclic) bond motifs is 1. The SMILES string of the molecule is COc1ccc(COc2nc([C@H]3c4ccccc4N[C@H]3C)ncc2C(=O)NN2CCCCCC2=O)cc1. The Labute approximate surface area is 216 Å². The second-order valence-electron chi connectivity index (χ2n) is 9.38. The Hall–Kier alpha value is -4.14. The van der Waals surface area contributed by atoms with Crippen LogP contribution in [-0.4, -0.2) is 46.5 Å². The molecule has 1 fully saturated rings. The van der Waals surface area contributed by atoms with E-state index in [1.54, 1.807) is 7.11 Å². The van der Waals surface area contributed by atoms with Crippen LogP contribution in [-0.2, 0) is 11.4 Å². The first kappa shape index (κ1) is 24.5. The second kappa shape index (κ2) is 10.9. The predicted octanol–water partition coefficient (Wildman–Crippen LogP) is 4.06. The van der Waals surface area contributed by atoms with Crippen LogP contribution in [0, 0.1) is 0 Å². The highest BCUT2D eigenvalue weighted by Gasteiger charge is 2.33. The Morgan fingerprint density at radius 1 is 1.14 bits per heavy atom. The molecule has 0 unspecified atom stereocenters. The quantitative estimate of drug-likeness (QED) is 0.503. The molecule has 2 amide bonds. The molecular formula is C28H31N5O4. The molecule has 2 aromatic carbocycles. The Morgan fingerprint density at radius 2 is 1.95 bits per heavy atom. The van der Waals surface area contributed by atoms with Gasteiger partial charge in [0.05, 0.1) is 13.0 Å². The van der Waals surface area contributed by atoms with E-state index in [1.165, 1.54) is 11.2 Å². The maximum atomic E-state index is 13.3. The molecule has 0 radical (unpaired) electrons. The molecule has 37 heavy (non-hydrogen) atoms. The fraction of sp³-hybridized carbons (Fsp3) is 0.357. The molecule has 1 saturated heterocycles. The number of amides is 2. The summed E-state index contributed by atoms with van der Waals surface area (Å²) in [5.41, 5.74) is 5.98. The fourth-order valence-electron chi connectivity index (χ4n) is 4.81. The number of nitrogens with one attached hydrogen (secondary N) is 2. The standard InChI is InChI=1S/C28H31N5O4/c1-18-25(21-8-5-6-9-23(21)30-18)26-29-16-22(27(35)32-33-15-7-3-4-10-24(33)34)28(31-26)37-17-19-11-13-20(36-2)14-12-19/h5-6,8-9,11-14,16,18,25,30H,3-4,7,10,15,17H2,1-2H3,(H,32,35)/t18-,25+/m0/s1. The first-order chi connectivity index (χ1) is 18.0. The lowest BCUT2D eigenvalue weighted by Crippen LogP contribution is -2.46. The zero-order chi connectivity index (χ0) is 25.8. The molecule has 2 aliphatic rings. The molecule has 9 heteroatoms. The molecule has 2 N–H and O–H groups in total. The molecule has 0 bridgehead atoms. The number of ether oxygens (including phenoxy) is 2. The van der Waals surface area contributed by atoms with Gasteiger partial charge in [0.1, 0.15) is 23.7 Å².